The molecule has 0 spiro atoms. The maximum Gasteiger partial charge on any atom is 0.305 e. The lowest BCUT2D eigenvalue weighted by Gasteiger charge is -2.18. The summed E-state index contributed by atoms with van der Waals surface area (Å²) >= 11 is 0. The van der Waals surface area contributed by atoms with Gasteiger partial charge < -0.3 is 10.6 Å². The number of carbonyl (C=O) groups is 1. The molecule has 1 heterocycles. The van der Waals surface area contributed by atoms with Crippen molar-refractivity contribution in [1.29, 1.82) is 0 Å². The minimum absolute atomic E-state index is 0.0544. The van der Waals surface area contributed by atoms with Crippen LogP contribution in [0.4, 0.5) is 14.5 Å². The van der Waals surface area contributed by atoms with Crippen LogP contribution in [0.3, 0.4) is 0 Å². The fourth-order valence-electron chi connectivity index (χ4n) is 2.44. The fourth-order valence-corrected chi connectivity index (χ4v) is 2.44. The Labute approximate surface area is 119 Å². The first-order chi connectivity index (χ1) is 9.82. The van der Waals surface area contributed by atoms with E-state index in [1.54, 1.807) is 6.92 Å². The Bertz CT molecular complexity index is 592. The molecule has 1 aromatic carbocycles. The van der Waals surface area contributed by atoms with Crippen LogP contribution in [0.2, 0.25) is 0 Å². The van der Waals surface area contributed by atoms with Crippen LogP contribution in [0, 0.1) is 27.7 Å². The van der Waals surface area contributed by atoms with Gasteiger partial charge in [0, 0.05) is 25.2 Å². The molecule has 21 heavy (non-hydrogen) atoms. The lowest BCUT2D eigenvalue weighted by atomic mass is 10.0. The van der Waals surface area contributed by atoms with Gasteiger partial charge in [0.25, 0.3) is 5.91 Å². The van der Waals surface area contributed by atoms with Crippen molar-refractivity contribution in [2.45, 2.75) is 19.4 Å². The molecule has 1 aromatic rings. The molecule has 1 saturated heterocycles. The van der Waals surface area contributed by atoms with Crippen molar-refractivity contribution >= 4 is 11.6 Å². The molecule has 0 radical (unpaired) electrons. The van der Waals surface area contributed by atoms with E-state index in [0.717, 1.165) is 6.07 Å². The average molecular weight is 299 g/mol. The summed E-state index contributed by atoms with van der Waals surface area (Å²) in [7, 11) is 0. The Balaban J connectivity index is 2.32. The Morgan fingerprint density at radius 2 is 2.19 bits per heavy atom. The van der Waals surface area contributed by atoms with E-state index in [0.29, 0.717) is 19.0 Å². The maximum absolute atomic E-state index is 14.0. The number of nitrogens with zero attached hydrogens (tertiary/aromatic N) is 2. The van der Waals surface area contributed by atoms with Crippen LogP contribution < -0.4 is 5.73 Å². The molecular formula is C13H15F2N3O3. The van der Waals surface area contributed by atoms with E-state index < -0.39 is 33.7 Å². The van der Waals surface area contributed by atoms with E-state index in [-0.39, 0.29) is 18.5 Å². The number of benzene rings is 1. The summed E-state index contributed by atoms with van der Waals surface area (Å²) in [6.45, 7) is 2.41. The third-order valence-corrected chi connectivity index (χ3v) is 3.74. The highest BCUT2D eigenvalue weighted by Gasteiger charge is 2.34. The second kappa shape index (κ2) is 5.72. The van der Waals surface area contributed by atoms with Crippen LogP contribution in [0.25, 0.3) is 0 Å². The third-order valence-electron chi connectivity index (χ3n) is 3.74. The number of halogens is 2. The van der Waals surface area contributed by atoms with Gasteiger partial charge in [-0.05, 0) is 25.3 Å². The quantitative estimate of drug-likeness (QED) is 0.679. The molecule has 2 unspecified atom stereocenters. The molecular weight excluding hydrogens is 284 g/mol. The van der Waals surface area contributed by atoms with Crippen LogP contribution in [-0.2, 0) is 0 Å². The Kier molecular flexibility index (Phi) is 4.17. The number of nitrogens with two attached hydrogens (primary N) is 1. The summed E-state index contributed by atoms with van der Waals surface area (Å²) in [4.78, 5) is 23.2. The molecule has 2 rings (SSSR count). The number of hydrogen-bond acceptors (Lipinski definition) is 4. The summed E-state index contributed by atoms with van der Waals surface area (Å²) in [5.41, 5.74) is 3.95. The summed E-state index contributed by atoms with van der Waals surface area (Å²) in [5.74, 6) is -3.36. The van der Waals surface area contributed by atoms with Gasteiger partial charge in [-0.25, -0.2) is 4.39 Å². The molecule has 0 aromatic heterocycles. The van der Waals surface area contributed by atoms with Crippen molar-refractivity contribution in [3.8, 4) is 0 Å². The normalized spacial score (nSPS) is 19.6. The summed E-state index contributed by atoms with van der Waals surface area (Å²) in [5, 5.41) is 10.7. The molecule has 0 aliphatic carbocycles. The van der Waals surface area contributed by atoms with E-state index in [4.69, 9.17) is 5.73 Å². The fraction of sp³-hybridized carbons (Fsp3) is 0.462. The van der Waals surface area contributed by atoms with E-state index in [2.05, 4.69) is 0 Å². The van der Waals surface area contributed by atoms with Gasteiger partial charge in [-0.15, -0.1) is 0 Å². The highest BCUT2D eigenvalue weighted by atomic mass is 19.1. The monoisotopic (exact) mass is 299 g/mol. The van der Waals surface area contributed by atoms with Gasteiger partial charge in [-0.3, -0.25) is 14.9 Å². The topological polar surface area (TPSA) is 89.5 Å². The largest absolute Gasteiger partial charge is 0.338 e. The number of nitro benzene ring substituents is 1. The minimum atomic E-state index is -1.44. The van der Waals surface area contributed by atoms with Gasteiger partial charge in [0.1, 0.15) is 11.4 Å². The number of carbonyl (C=O) groups excluding carboxylic acids is 1. The number of likely N-dealkylation sites (tertiary alicyclic amines) is 1. The van der Waals surface area contributed by atoms with Crippen molar-refractivity contribution in [3.05, 3.63) is 39.4 Å². The lowest BCUT2D eigenvalue weighted by Crippen LogP contribution is -2.34. The molecule has 1 fully saturated rings. The van der Waals surface area contributed by atoms with Crippen LogP contribution in [0.1, 0.15) is 23.7 Å². The molecule has 8 heteroatoms. The van der Waals surface area contributed by atoms with Gasteiger partial charge in [0.2, 0.25) is 5.82 Å². The molecule has 0 saturated carbocycles. The third kappa shape index (κ3) is 2.85. The molecule has 1 aliphatic heterocycles. The Morgan fingerprint density at radius 1 is 1.52 bits per heavy atom. The Hall–Kier alpha value is -2.09. The minimum Gasteiger partial charge on any atom is -0.338 e. The van der Waals surface area contributed by atoms with Crippen molar-refractivity contribution in [3.63, 3.8) is 0 Å². The highest BCUT2D eigenvalue weighted by molar-refractivity contribution is 5.95. The standard InChI is InChI=1S/C13H15F2N3O3/c1-7(16)8-4-5-17(6-8)13(19)11-9(14)2-3-10(12(11)15)18(20)21/h2-3,7-8H,4-6,16H2,1H3. The van der Waals surface area contributed by atoms with Crippen molar-refractivity contribution in [2.24, 2.45) is 11.7 Å². The first-order valence-corrected chi connectivity index (χ1v) is 6.50. The van der Waals surface area contributed by atoms with Crippen LogP contribution >= 0.6 is 0 Å². The molecule has 1 aliphatic rings. The first-order valence-electron chi connectivity index (χ1n) is 6.50. The van der Waals surface area contributed by atoms with Gasteiger partial charge in [-0.2, -0.15) is 4.39 Å². The highest BCUT2D eigenvalue weighted by Crippen LogP contribution is 2.27. The Morgan fingerprint density at radius 3 is 2.71 bits per heavy atom. The number of rotatable bonds is 3. The second-order valence-electron chi connectivity index (χ2n) is 5.17. The maximum atomic E-state index is 14.0. The SMILES string of the molecule is CC(N)C1CCN(C(=O)c2c(F)ccc([N+](=O)[O-])c2F)C1. The molecule has 2 N–H and O–H groups in total. The molecule has 0 bridgehead atoms. The summed E-state index contributed by atoms with van der Waals surface area (Å²) in [6, 6.07) is 1.30. The second-order valence-corrected chi connectivity index (χ2v) is 5.17. The average Bonchev–Trinajstić information content (AvgIpc) is 2.87. The number of hydrogen-bond donors (Lipinski definition) is 1. The van der Waals surface area contributed by atoms with E-state index in [1.165, 1.54) is 4.90 Å². The zero-order valence-electron chi connectivity index (χ0n) is 11.4. The predicted molar refractivity (Wildman–Crippen MR) is 70.7 cm³/mol. The molecule has 1 amide bonds. The van der Waals surface area contributed by atoms with Crippen molar-refractivity contribution in [2.75, 3.05) is 13.1 Å². The van der Waals surface area contributed by atoms with Gasteiger partial charge in [0.15, 0.2) is 0 Å². The summed E-state index contributed by atoms with van der Waals surface area (Å²) < 4.78 is 27.7. The van der Waals surface area contributed by atoms with Gasteiger partial charge in [-0.1, -0.05) is 0 Å². The smallest absolute Gasteiger partial charge is 0.305 e. The van der Waals surface area contributed by atoms with Crippen LogP contribution in [0.5, 0.6) is 0 Å². The molecule has 114 valence electrons. The number of amides is 1. The van der Waals surface area contributed by atoms with E-state index in [1.807, 2.05) is 0 Å². The molecule has 6 nitrogen and oxygen atoms in total. The van der Waals surface area contributed by atoms with Crippen molar-refractivity contribution in [1.82, 2.24) is 4.90 Å². The zero-order valence-corrected chi connectivity index (χ0v) is 11.4. The predicted octanol–water partition coefficient (Wildman–Crippen LogP) is 1.68. The zero-order chi connectivity index (χ0) is 15.7. The van der Waals surface area contributed by atoms with Crippen molar-refractivity contribution < 1.29 is 18.5 Å². The van der Waals surface area contributed by atoms with E-state index >= 15 is 0 Å². The van der Waals surface area contributed by atoms with Gasteiger partial charge in [0.05, 0.1) is 4.92 Å². The first kappa shape index (κ1) is 15.3. The van der Waals surface area contributed by atoms with Crippen LogP contribution in [-0.4, -0.2) is 34.9 Å². The van der Waals surface area contributed by atoms with Gasteiger partial charge >= 0.3 is 5.69 Å². The number of nitro groups is 1. The van der Waals surface area contributed by atoms with E-state index in [9.17, 15) is 23.7 Å². The summed E-state index contributed by atoms with van der Waals surface area (Å²) in [6.07, 6.45) is 0.640. The molecule has 2 atom stereocenters. The van der Waals surface area contributed by atoms with Crippen LogP contribution in [0.15, 0.2) is 12.1 Å². The lowest BCUT2D eigenvalue weighted by molar-refractivity contribution is -0.387.